The standard InChI is InChI=1S/C19H23NO2/c1-14-8-7-9-15(2)18(14)22-16(3)19(21)20-13-12-17-10-5-4-6-11-17/h4-11,16H,12-13H2,1-3H3,(H,20,21). The fourth-order valence-electron chi connectivity index (χ4n) is 2.33. The van der Waals surface area contributed by atoms with Gasteiger partial charge in [0.25, 0.3) is 5.91 Å². The first-order valence-electron chi connectivity index (χ1n) is 7.62. The lowest BCUT2D eigenvalue weighted by atomic mass is 10.1. The van der Waals surface area contributed by atoms with E-state index in [9.17, 15) is 4.79 Å². The fraction of sp³-hybridized carbons (Fsp3) is 0.316. The van der Waals surface area contributed by atoms with Crippen molar-refractivity contribution in [1.29, 1.82) is 0 Å². The maximum atomic E-state index is 12.1. The molecule has 0 saturated carbocycles. The van der Waals surface area contributed by atoms with Gasteiger partial charge in [-0.1, -0.05) is 48.5 Å². The molecule has 0 radical (unpaired) electrons. The van der Waals surface area contributed by atoms with E-state index in [0.29, 0.717) is 6.54 Å². The molecule has 2 aromatic rings. The number of carbonyl (C=O) groups is 1. The Kier molecular flexibility index (Phi) is 5.59. The molecule has 0 aromatic heterocycles. The summed E-state index contributed by atoms with van der Waals surface area (Å²) in [5.41, 5.74) is 3.30. The van der Waals surface area contributed by atoms with Crippen LogP contribution in [0.3, 0.4) is 0 Å². The van der Waals surface area contributed by atoms with Crippen molar-refractivity contribution in [2.45, 2.75) is 33.3 Å². The molecule has 1 amide bonds. The summed E-state index contributed by atoms with van der Waals surface area (Å²) >= 11 is 0. The van der Waals surface area contributed by atoms with Crippen molar-refractivity contribution in [1.82, 2.24) is 5.32 Å². The summed E-state index contributed by atoms with van der Waals surface area (Å²) in [4.78, 5) is 12.1. The maximum absolute atomic E-state index is 12.1. The molecule has 3 heteroatoms. The Morgan fingerprint density at radius 1 is 1.05 bits per heavy atom. The van der Waals surface area contributed by atoms with E-state index in [-0.39, 0.29) is 5.91 Å². The summed E-state index contributed by atoms with van der Waals surface area (Å²) < 4.78 is 5.83. The first-order chi connectivity index (χ1) is 10.6. The van der Waals surface area contributed by atoms with Crippen LogP contribution in [0.25, 0.3) is 0 Å². The minimum absolute atomic E-state index is 0.0846. The lowest BCUT2D eigenvalue weighted by Gasteiger charge is -2.18. The zero-order chi connectivity index (χ0) is 15.9. The number of aryl methyl sites for hydroxylation is 2. The second kappa shape index (κ2) is 7.64. The molecule has 1 atom stereocenters. The Labute approximate surface area is 132 Å². The maximum Gasteiger partial charge on any atom is 0.260 e. The third-order valence-electron chi connectivity index (χ3n) is 3.63. The van der Waals surface area contributed by atoms with Gasteiger partial charge in [0.15, 0.2) is 6.10 Å². The van der Waals surface area contributed by atoms with E-state index < -0.39 is 6.10 Å². The second-order valence-electron chi connectivity index (χ2n) is 5.51. The summed E-state index contributed by atoms with van der Waals surface area (Å²) in [5, 5.41) is 2.93. The minimum atomic E-state index is -0.504. The molecular weight excluding hydrogens is 274 g/mol. The van der Waals surface area contributed by atoms with Crippen LogP contribution >= 0.6 is 0 Å². The molecule has 0 aliphatic heterocycles. The zero-order valence-corrected chi connectivity index (χ0v) is 13.4. The number of amides is 1. The lowest BCUT2D eigenvalue weighted by molar-refractivity contribution is -0.127. The van der Waals surface area contributed by atoms with Crippen LogP contribution in [-0.2, 0) is 11.2 Å². The van der Waals surface area contributed by atoms with Crippen molar-refractivity contribution >= 4 is 5.91 Å². The fourth-order valence-corrected chi connectivity index (χ4v) is 2.33. The summed E-state index contributed by atoms with van der Waals surface area (Å²) in [6.07, 6.45) is 0.318. The summed E-state index contributed by atoms with van der Waals surface area (Å²) in [6.45, 7) is 6.37. The van der Waals surface area contributed by atoms with Crippen molar-refractivity contribution in [3.05, 3.63) is 65.2 Å². The number of nitrogens with one attached hydrogen (secondary N) is 1. The first-order valence-corrected chi connectivity index (χ1v) is 7.62. The SMILES string of the molecule is Cc1cccc(C)c1OC(C)C(=O)NCCc1ccccc1. The van der Waals surface area contributed by atoms with Gasteiger partial charge >= 0.3 is 0 Å². The van der Waals surface area contributed by atoms with Crippen molar-refractivity contribution < 1.29 is 9.53 Å². The Hall–Kier alpha value is -2.29. The van der Waals surface area contributed by atoms with Gasteiger partial charge in [-0.3, -0.25) is 4.79 Å². The molecule has 116 valence electrons. The molecule has 22 heavy (non-hydrogen) atoms. The Morgan fingerprint density at radius 3 is 2.32 bits per heavy atom. The molecule has 1 N–H and O–H groups in total. The third-order valence-corrected chi connectivity index (χ3v) is 3.63. The quantitative estimate of drug-likeness (QED) is 0.887. The van der Waals surface area contributed by atoms with Crippen LogP contribution in [-0.4, -0.2) is 18.6 Å². The topological polar surface area (TPSA) is 38.3 Å². The van der Waals surface area contributed by atoms with Gasteiger partial charge in [0.05, 0.1) is 0 Å². The molecule has 2 rings (SSSR count). The number of ether oxygens (including phenoxy) is 1. The second-order valence-corrected chi connectivity index (χ2v) is 5.51. The van der Waals surface area contributed by atoms with E-state index in [0.717, 1.165) is 23.3 Å². The summed E-state index contributed by atoms with van der Waals surface area (Å²) in [5.74, 6) is 0.715. The molecule has 0 saturated heterocycles. The summed E-state index contributed by atoms with van der Waals surface area (Å²) in [7, 11) is 0. The van der Waals surface area contributed by atoms with Crippen LogP contribution in [0, 0.1) is 13.8 Å². The molecule has 0 heterocycles. The number of benzene rings is 2. The average Bonchev–Trinajstić information content (AvgIpc) is 2.52. The number of hydrogen-bond acceptors (Lipinski definition) is 2. The van der Waals surface area contributed by atoms with Crippen LogP contribution in [0.2, 0.25) is 0 Å². The van der Waals surface area contributed by atoms with Gasteiger partial charge in [0.2, 0.25) is 0 Å². The van der Waals surface area contributed by atoms with Crippen molar-refractivity contribution in [3.63, 3.8) is 0 Å². The Bertz CT molecular complexity index is 602. The van der Waals surface area contributed by atoms with Crippen LogP contribution in [0.4, 0.5) is 0 Å². The van der Waals surface area contributed by atoms with Crippen molar-refractivity contribution in [2.24, 2.45) is 0 Å². The van der Waals surface area contributed by atoms with Gasteiger partial charge in [-0.15, -0.1) is 0 Å². The molecule has 0 bridgehead atoms. The highest BCUT2D eigenvalue weighted by Gasteiger charge is 2.16. The summed E-state index contributed by atoms with van der Waals surface area (Å²) in [6, 6.07) is 16.1. The molecular formula is C19H23NO2. The van der Waals surface area contributed by atoms with Gasteiger partial charge in [0.1, 0.15) is 5.75 Å². The van der Waals surface area contributed by atoms with E-state index in [1.165, 1.54) is 5.56 Å². The highest BCUT2D eigenvalue weighted by Crippen LogP contribution is 2.23. The smallest absolute Gasteiger partial charge is 0.260 e. The molecule has 1 unspecified atom stereocenters. The number of hydrogen-bond donors (Lipinski definition) is 1. The van der Waals surface area contributed by atoms with Gasteiger partial charge in [-0.05, 0) is 43.9 Å². The largest absolute Gasteiger partial charge is 0.480 e. The van der Waals surface area contributed by atoms with E-state index in [1.807, 2.05) is 50.2 Å². The first kappa shape index (κ1) is 16.1. The molecule has 3 nitrogen and oxygen atoms in total. The van der Waals surface area contributed by atoms with Crippen LogP contribution in [0.15, 0.2) is 48.5 Å². The van der Waals surface area contributed by atoms with Gasteiger partial charge in [-0.2, -0.15) is 0 Å². The number of carbonyl (C=O) groups excluding carboxylic acids is 1. The van der Waals surface area contributed by atoms with Crippen molar-refractivity contribution in [2.75, 3.05) is 6.54 Å². The Balaban J connectivity index is 1.85. The van der Waals surface area contributed by atoms with Crippen LogP contribution < -0.4 is 10.1 Å². The Morgan fingerprint density at radius 2 is 1.68 bits per heavy atom. The van der Waals surface area contributed by atoms with E-state index >= 15 is 0 Å². The molecule has 2 aromatic carbocycles. The normalized spacial score (nSPS) is 11.8. The van der Waals surface area contributed by atoms with Crippen LogP contribution in [0.1, 0.15) is 23.6 Å². The highest BCUT2D eigenvalue weighted by molar-refractivity contribution is 5.80. The predicted molar refractivity (Wildman–Crippen MR) is 89.2 cm³/mol. The molecule has 0 aliphatic rings. The predicted octanol–water partition coefficient (Wildman–Crippen LogP) is 3.43. The van der Waals surface area contributed by atoms with Crippen LogP contribution in [0.5, 0.6) is 5.75 Å². The average molecular weight is 297 g/mol. The zero-order valence-electron chi connectivity index (χ0n) is 13.4. The van der Waals surface area contributed by atoms with E-state index in [4.69, 9.17) is 4.74 Å². The van der Waals surface area contributed by atoms with E-state index in [2.05, 4.69) is 17.4 Å². The molecule has 0 spiro atoms. The molecule has 0 fully saturated rings. The number of para-hydroxylation sites is 1. The minimum Gasteiger partial charge on any atom is -0.480 e. The van der Waals surface area contributed by atoms with Gasteiger partial charge < -0.3 is 10.1 Å². The highest BCUT2D eigenvalue weighted by atomic mass is 16.5. The van der Waals surface area contributed by atoms with Crippen molar-refractivity contribution in [3.8, 4) is 5.75 Å². The number of rotatable bonds is 6. The third kappa shape index (κ3) is 4.35. The monoisotopic (exact) mass is 297 g/mol. The van der Waals surface area contributed by atoms with Gasteiger partial charge in [-0.25, -0.2) is 0 Å². The van der Waals surface area contributed by atoms with E-state index in [1.54, 1.807) is 6.92 Å². The lowest BCUT2D eigenvalue weighted by Crippen LogP contribution is -2.37. The van der Waals surface area contributed by atoms with Gasteiger partial charge in [0, 0.05) is 6.54 Å². The molecule has 0 aliphatic carbocycles.